The monoisotopic (exact) mass is 702 g/mol. The van der Waals surface area contributed by atoms with Crippen LogP contribution in [0.4, 0.5) is 0 Å². The zero-order valence-electron chi connectivity index (χ0n) is 33.4. The Balaban J connectivity index is 1.35. The summed E-state index contributed by atoms with van der Waals surface area (Å²) in [5, 5.41) is 7.77. The zero-order valence-corrected chi connectivity index (χ0v) is 33.4. The van der Waals surface area contributed by atoms with E-state index in [4.69, 9.17) is 14.8 Å². The molecule has 0 amide bonds. The van der Waals surface area contributed by atoms with E-state index in [9.17, 15) is 0 Å². The van der Waals surface area contributed by atoms with Crippen LogP contribution in [0.25, 0.3) is 44.4 Å². The zero-order chi connectivity index (χ0) is 37.9. The molecule has 0 saturated carbocycles. The van der Waals surface area contributed by atoms with E-state index in [1.165, 1.54) is 38.9 Å². The molecule has 0 fully saturated rings. The van der Waals surface area contributed by atoms with Crippen LogP contribution in [0, 0.1) is 6.92 Å². The Bertz CT molecular complexity index is 2430. The molecule has 7 aromatic rings. The summed E-state index contributed by atoms with van der Waals surface area (Å²) in [7, 11) is 0. The number of aryl methyl sites for hydroxylation is 2. The van der Waals surface area contributed by atoms with Gasteiger partial charge in [-0.05, 0) is 88.9 Å². The molecule has 0 aliphatic carbocycles. The van der Waals surface area contributed by atoms with Gasteiger partial charge in [0.1, 0.15) is 17.3 Å². The van der Waals surface area contributed by atoms with Crippen molar-refractivity contribution in [1.82, 2.24) is 19.3 Å². The molecule has 7 rings (SSSR count). The van der Waals surface area contributed by atoms with Gasteiger partial charge in [-0.1, -0.05) is 118 Å². The van der Waals surface area contributed by atoms with Crippen LogP contribution in [0.1, 0.15) is 104 Å². The first-order valence-electron chi connectivity index (χ1n) is 19.1. The number of rotatable bonds is 7. The van der Waals surface area contributed by atoms with Crippen molar-refractivity contribution in [2.45, 2.75) is 105 Å². The smallest absolute Gasteiger partial charge is 0.137 e. The minimum atomic E-state index is -0.187. The van der Waals surface area contributed by atoms with Crippen molar-refractivity contribution in [3.05, 3.63) is 131 Å². The standard InChI is InChI=1S/C48H54N4O/c1-12-16-40-44(32-26-33(46(3,4)5)28-34(27-32)47(6,7)8)45(48(9,10)11)52(50-40)35-17-15-18-36(29-35)53-37-21-22-39-38-19-13-14-20-41(38)51(42(39)30-37)43-25-31(2)23-24-49-43/h13-15,17-30H,12,16H2,1-11H3. The van der Waals surface area contributed by atoms with Gasteiger partial charge in [-0.3, -0.25) is 4.57 Å². The summed E-state index contributed by atoms with van der Waals surface area (Å²) in [5.41, 5.74) is 11.7. The van der Waals surface area contributed by atoms with Gasteiger partial charge < -0.3 is 4.74 Å². The molecule has 0 unspecified atom stereocenters. The van der Waals surface area contributed by atoms with Crippen molar-refractivity contribution in [3.8, 4) is 34.1 Å². The first-order valence-corrected chi connectivity index (χ1v) is 19.1. The lowest BCUT2D eigenvalue weighted by Gasteiger charge is -2.28. The molecule has 0 aliphatic rings. The Morgan fingerprint density at radius 2 is 1.32 bits per heavy atom. The Morgan fingerprint density at radius 3 is 1.98 bits per heavy atom. The second-order valence-corrected chi connectivity index (χ2v) is 17.7. The third-order valence-electron chi connectivity index (χ3n) is 10.2. The van der Waals surface area contributed by atoms with Crippen LogP contribution in [0.3, 0.4) is 0 Å². The highest BCUT2D eigenvalue weighted by atomic mass is 16.5. The number of para-hydroxylation sites is 1. The van der Waals surface area contributed by atoms with Crippen molar-refractivity contribution in [1.29, 1.82) is 0 Å². The summed E-state index contributed by atoms with van der Waals surface area (Å²) in [4.78, 5) is 4.76. The van der Waals surface area contributed by atoms with Gasteiger partial charge in [-0.25, -0.2) is 9.67 Å². The van der Waals surface area contributed by atoms with E-state index in [2.05, 4.69) is 170 Å². The van der Waals surface area contributed by atoms with Crippen LogP contribution < -0.4 is 4.74 Å². The van der Waals surface area contributed by atoms with Gasteiger partial charge in [-0.2, -0.15) is 5.10 Å². The molecule has 0 spiro atoms. The SMILES string of the molecule is CCCc1nn(-c2cccc(Oc3ccc4c5ccccc5n(-c5cc(C)ccn5)c4c3)c2)c(C(C)(C)C)c1-c1cc(C(C)(C)C)cc(C(C)(C)C)c1. The van der Waals surface area contributed by atoms with Gasteiger partial charge in [0.05, 0.1) is 28.1 Å². The molecule has 0 aliphatic heterocycles. The van der Waals surface area contributed by atoms with Crippen LogP contribution in [0.2, 0.25) is 0 Å². The van der Waals surface area contributed by atoms with Gasteiger partial charge in [0.25, 0.3) is 0 Å². The van der Waals surface area contributed by atoms with E-state index >= 15 is 0 Å². The summed E-state index contributed by atoms with van der Waals surface area (Å²) >= 11 is 0. The molecule has 3 heterocycles. The predicted molar refractivity (Wildman–Crippen MR) is 222 cm³/mol. The van der Waals surface area contributed by atoms with Crippen LogP contribution >= 0.6 is 0 Å². The van der Waals surface area contributed by atoms with E-state index in [0.29, 0.717) is 0 Å². The molecule has 0 atom stereocenters. The minimum absolute atomic E-state index is 0.0123. The second kappa shape index (κ2) is 13.4. The highest BCUT2D eigenvalue weighted by Gasteiger charge is 2.31. The maximum atomic E-state index is 6.69. The van der Waals surface area contributed by atoms with E-state index in [0.717, 1.165) is 58.0 Å². The average Bonchev–Trinajstić information content (AvgIpc) is 3.64. The van der Waals surface area contributed by atoms with Gasteiger partial charge >= 0.3 is 0 Å². The molecule has 0 N–H and O–H groups in total. The van der Waals surface area contributed by atoms with Crippen molar-refractivity contribution in [2.24, 2.45) is 0 Å². The van der Waals surface area contributed by atoms with E-state index in [1.807, 2.05) is 18.3 Å². The average molecular weight is 703 g/mol. The molecule has 5 heteroatoms. The lowest BCUT2D eigenvalue weighted by molar-refractivity contribution is 0.482. The number of benzene rings is 4. The molecule has 5 nitrogen and oxygen atoms in total. The molecular formula is C48H54N4O. The van der Waals surface area contributed by atoms with Crippen LogP contribution in [0.5, 0.6) is 11.5 Å². The normalized spacial score (nSPS) is 12.6. The van der Waals surface area contributed by atoms with Crippen LogP contribution in [-0.4, -0.2) is 19.3 Å². The number of fused-ring (bicyclic) bond motifs is 3. The molecule has 272 valence electrons. The number of pyridine rings is 1. The van der Waals surface area contributed by atoms with Gasteiger partial charge in [-0.15, -0.1) is 0 Å². The highest BCUT2D eigenvalue weighted by Crippen LogP contribution is 2.42. The molecule has 0 bridgehead atoms. The van der Waals surface area contributed by atoms with E-state index in [-0.39, 0.29) is 16.2 Å². The Hall–Kier alpha value is -5.16. The first-order chi connectivity index (χ1) is 25.0. The molecule has 4 aromatic carbocycles. The molecular weight excluding hydrogens is 649 g/mol. The first kappa shape index (κ1) is 36.2. The van der Waals surface area contributed by atoms with Crippen molar-refractivity contribution in [3.63, 3.8) is 0 Å². The van der Waals surface area contributed by atoms with E-state index in [1.54, 1.807) is 0 Å². The van der Waals surface area contributed by atoms with Crippen molar-refractivity contribution < 1.29 is 4.74 Å². The molecule has 0 radical (unpaired) electrons. The fourth-order valence-electron chi connectivity index (χ4n) is 7.41. The largest absolute Gasteiger partial charge is 0.457 e. The Morgan fingerprint density at radius 1 is 0.642 bits per heavy atom. The van der Waals surface area contributed by atoms with Gasteiger partial charge in [0.15, 0.2) is 0 Å². The van der Waals surface area contributed by atoms with Crippen LogP contribution in [-0.2, 0) is 22.7 Å². The number of hydrogen-bond acceptors (Lipinski definition) is 3. The molecule has 53 heavy (non-hydrogen) atoms. The van der Waals surface area contributed by atoms with Gasteiger partial charge in [0.2, 0.25) is 0 Å². The molecule has 0 saturated heterocycles. The van der Waals surface area contributed by atoms with Gasteiger partial charge in [0, 0.05) is 40.1 Å². The number of nitrogens with zero attached hydrogens (tertiary/aromatic N) is 4. The number of aromatic nitrogens is 4. The lowest BCUT2D eigenvalue weighted by atomic mass is 9.77. The Kier molecular flexibility index (Phi) is 9.13. The van der Waals surface area contributed by atoms with Crippen molar-refractivity contribution in [2.75, 3.05) is 0 Å². The predicted octanol–water partition coefficient (Wildman–Crippen LogP) is 13.0. The fourth-order valence-corrected chi connectivity index (χ4v) is 7.41. The topological polar surface area (TPSA) is 44.9 Å². The second-order valence-electron chi connectivity index (χ2n) is 17.7. The third-order valence-corrected chi connectivity index (χ3v) is 10.2. The lowest BCUT2D eigenvalue weighted by Crippen LogP contribution is -2.19. The minimum Gasteiger partial charge on any atom is -0.457 e. The summed E-state index contributed by atoms with van der Waals surface area (Å²) in [6.45, 7) is 25.1. The summed E-state index contributed by atoms with van der Waals surface area (Å²) < 4.78 is 11.1. The Labute approximate surface area is 315 Å². The molecule has 3 aromatic heterocycles. The maximum Gasteiger partial charge on any atom is 0.137 e. The number of hydrogen-bond donors (Lipinski definition) is 0. The number of ether oxygens (including phenoxy) is 1. The third kappa shape index (κ3) is 7.02. The van der Waals surface area contributed by atoms with Crippen molar-refractivity contribution >= 4 is 21.8 Å². The quantitative estimate of drug-likeness (QED) is 0.166. The maximum absolute atomic E-state index is 6.69. The van der Waals surface area contributed by atoms with E-state index < -0.39 is 0 Å². The summed E-state index contributed by atoms with van der Waals surface area (Å²) in [5.74, 6) is 2.42. The van der Waals surface area contributed by atoms with Crippen LogP contribution in [0.15, 0.2) is 103 Å². The summed E-state index contributed by atoms with van der Waals surface area (Å²) in [6.07, 6.45) is 3.79. The highest BCUT2D eigenvalue weighted by molar-refractivity contribution is 6.09. The summed E-state index contributed by atoms with van der Waals surface area (Å²) in [6, 6.07) is 34.6. The fraction of sp³-hybridized carbons (Fsp3) is 0.333.